The van der Waals surface area contributed by atoms with Gasteiger partial charge in [0.2, 0.25) is 0 Å². The van der Waals surface area contributed by atoms with Crippen molar-refractivity contribution in [2.24, 2.45) is 0 Å². The first kappa shape index (κ1) is 71.1. The topological polar surface area (TPSA) is 307 Å². The molecular weight excluding hydrogens is 1210 g/mol. The molecule has 5 fully saturated rings. The third-order valence-corrected chi connectivity index (χ3v) is 16.6. The molecule has 10 rings (SSSR count). The van der Waals surface area contributed by atoms with Gasteiger partial charge in [-0.15, -0.1) is 0 Å². The fourth-order valence-electron chi connectivity index (χ4n) is 12.4. The fraction of sp³-hybridized carbons (Fsp3) is 0.493. The molecule has 5 aromatic rings. The van der Waals surface area contributed by atoms with Crippen molar-refractivity contribution in [3.63, 3.8) is 0 Å². The Bertz CT molecular complexity index is 2610. The third-order valence-electron chi connectivity index (χ3n) is 16.6. The van der Waals surface area contributed by atoms with E-state index in [-0.39, 0.29) is 18.0 Å². The number of aliphatic carboxylic acids is 3. The Morgan fingerprint density at radius 2 is 0.860 bits per heavy atom. The maximum Gasteiger partial charge on any atom is 0.317 e. The Morgan fingerprint density at radius 3 is 1.17 bits per heavy atom. The largest absolute Gasteiger partial charge is 0.831 e. The zero-order valence-electron chi connectivity index (χ0n) is 49.7. The van der Waals surface area contributed by atoms with Gasteiger partial charge >= 0.3 is 23.9 Å². The number of alkyl halides is 1. The van der Waals surface area contributed by atoms with Crippen LogP contribution in [0, 0.1) is 0 Å². The van der Waals surface area contributed by atoms with Gasteiger partial charge in [-0.1, -0.05) is 181 Å². The number of carboxylic acids is 3. The van der Waals surface area contributed by atoms with Crippen LogP contribution >= 0.6 is 22.6 Å². The SMILES string of the molecule is CI.COC(=O)[C@@H](c1ccccc1)[C@]1(O)CCCCN1.O=C(O)C(c1ccccc1)C1CCCCN1.O=C(O)[C@@H](c1ccccc1)[C@]1(O)CCCCN1.O=C(O)[C@@H](c1ccccc1)[C@]1(O)CCCCN1.[O-]C(O)[C@H](c1ccccc1)[C@@H]1CCCC[NH2+]1. The molecule has 19 heteroatoms. The lowest BCUT2D eigenvalue weighted by atomic mass is 9.83. The predicted molar refractivity (Wildman–Crippen MR) is 337 cm³/mol. The van der Waals surface area contributed by atoms with Crippen molar-refractivity contribution in [1.82, 2.24) is 21.3 Å². The van der Waals surface area contributed by atoms with Crippen LogP contribution in [0.2, 0.25) is 0 Å². The number of benzene rings is 5. The summed E-state index contributed by atoms with van der Waals surface area (Å²) in [5.41, 5.74) is 0.0569. The Labute approximate surface area is 520 Å². The Kier molecular flexibility index (Phi) is 30.8. The molecule has 0 amide bonds. The number of nitrogens with one attached hydrogen (secondary N) is 4. The molecule has 0 aromatic heterocycles. The number of piperidine rings is 5. The van der Waals surface area contributed by atoms with Gasteiger partial charge in [0.15, 0.2) is 0 Å². The number of carbonyl (C=O) groups excluding carboxylic acids is 1. The molecule has 11 atom stereocenters. The highest BCUT2D eigenvalue weighted by Crippen LogP contribution is 2.36. The van der Waals surface area contributed by atoms with Gasteiger partial charge in [-0.05, 0) is 149 Å². The lowest BCUT2D eigenvalue weighted by molar-refractivity contribution is -0.707. The van der Waals surface area contributed by atoms with E-state index in [1.165, 1.54) is 13.5 Å². The highest BCUT2D eigenvalue weighted by atomic mass is 127. The maximum absolute atomic E-state index is 12.0. The summed E-state index contributed by atoms with van der Waals surface area (Å²) in [5.74, 6) is -6.31. The van der Waals surface area contributed by atoms with Crippen molar-refractivity contribution in [2.45, 2.75) is 161 Å². The Hall–Kier alpha value is -5.69. The summed E-state index contributed by atoms with van der Waals surface area (Å²) in [5, 5.41) is 95.0. The van der Waals surface area contributed by atoms with Crippen molar-refractivity contribution in [1.29, 1.82) is 0 Å². The van der Waals surface area contributed by atoms with Crippen LogP contribution in [0.1, 0.15) is 154 Å². The molecule has 0 saturated carbocycles. The molecule has 5 saturated heterocycles. The molecule has 3 unspecified atom stereocenters. The number of hydrogen-bond acceptors (Lipinski definition) is 14. The number of hydrogen-bond donors (Lipinski definition) is 12. The molecule has 86 heavy (non-hydrogen) atoms. The lowest BCUT2D eigenvalue weighted by Gasteiger charge is -2.38. The molecule has 5 aliphatic rings. The summed E-state index contributed by atoms with van der Waals surface area (Å²) in [6.45, 7) is 4.04. The van der Waals surface area contributed by atoms with E-state index in [0.717, 1.165) is 107 Å². The second kappa shape index (κ2) is 37.2. The van der Waals surface area contributed by atoms with Gasteiger partial charge in [-0.3, -0.25) is 35.1 Å². The van der Waals surface area contributed by atoms with Gasteiger partial charge in [0.25, 0.3) is 0 Å². The number of esters is 1. The number of aliphatic hydroxyl groups is 4. The van der Waals surface area contributed by atoms with Gasteiger partial charge in [0.1, 0.15) is 34.9 Å². The number of methoxy groups -OCH3 is 1. The molecule has 0 aliphatic carbocycles. The van der Waals surface area contributed by atoms with Crippen molar-refractivity contribution >= 4 is 46.5 Å². The van der Waals surface area contributed by atoms with Crippen LogP contribution in [0.25, 0.3) is 0 Å². The van der Waals surface area contributed by atoms with Gasteiger partial charge in [-0.2, -0.15) is 0 Å². The van der Waals surface area contributed by atoms with Crippen LogP contribution in [-0.4, -0.2) is 140 Å². The van der Waals surface area contributed by atoms with Gasteiger partial charge < -0.3 is 56.2 Å². The van der Waals surface area contributed by atoms with Gasteiger partial charge in [-0.25, -0.2) is 0 Å². The molecule has 5 heterocycles. The lowest BCUT2D eigenvalue weighted by Crippen LogP contribution is -2.93. The number of aliphatic hydroxyl groups excluding tert-OH is 1. The van der Waals surface area contributed by atoms with Crippen LogP contribution in [0.15, 0.2) is 152 Å². The molecule has 18 nitrogen and oxygen atoms in total. The fourth-order valence-corrected chi connectivity index (χ4v) is 12.4. The first-order valence-electron chi connectivity index (χ1n) is 30.2. The van der Waals surface area contributed by atoms with E-state index >= 15 is 0 Å². The van der Waals surface area contributed by atoms with Crippen molar-refractivity contribution in [3.8, 4) is 0 Å². The molecule has 470 valence electrons. The predicted octanol–water partition coefficient (Wildman–Crippen LogP) is 6.65. The Morgan fingerprint density at radius 1 is 0.500 bits per heavy atom. The van der Waals surface area contributed by atoms with E-state index in [9.17, 15) is 60.0 Å². The van der Waals surface area contributed by atoms with E-state index in [4.69, 9.17) is 4.74 Å². The minimum Gasteiger partial charge on any atom is -0.831 e. The summed E-state index contributed by atoms with van der Waals surface area (Å²) in [6, 6.07) is 46.6. The van der Waals surface area contributed by atoms with Crippen molar-refractivity contribution in [3.05, 3.63) is 179 Å². The highest BCUT2D eigenvalue weighted by molar-refractivity contribution is 14.1. The van der Waals surface area contributed by atoms with Gasteiger partial charge in [0.05, 0.1) is 25.6 Å². The minimum atomic E-state index is -1.51. The van der Waals surface area contributed by atoms with Crippen LogP contribution in [-0.2, 0) is 23.9 Å². The first-order valence-corrected chi connectivity index (χ1v) is 32.4. The standard InChI is InChI=1S/C14H19NO3.2C13H17NO3.C13H18NO2.C13H17NO2.CH3I/c1-18-13(16)12(11-7-3-2-4-8-11)14(17)9-5-6-10-15-14;2*15-12(16)11(10-6-2-1-3-7-10)13(17)8-4-5-9-14-13;2*15-13(16)12(10-6-2-1-3-7-10)11-8-4-5-9-14-11;1-2/h2-4,7-8,12,15,17H,5-6,9-10H2,1H3;2*1-3,6-7,11,14,17H,4-5,8-9H2,(H,15,16);1-3,6-7,11-15H,4-5,8-9H2;1-3,6-7,11-12,14H,4-5,8-9H2,(H,15,16);1H3/q;;;-1;;/p+1/t12-,14-;2*11-,13-;11-,12+,13?;;/m1110../s1. The normalized spacial score (nSPS) is 24.7. The third kappa shape index (κ3) is 21.3. The highest BCUT2D eigenvalue weighted by Gasteiger charge is 2.46. The van der Waals surface area contributed by atoms with E-state index in [1.807, 2.05) is 108 Å². The molecule has 13 N–H and O–H groups in total. The molecule has 5 aliphatic heterocycles. The summed E-state index contributed by atoms with van der Waals surface area (Å²) < 4.78 is 4.85. The quantitative estimate of drug-likeness (QED) is 0.0226. The van der Waals surface area contributed by atoms with E-state index in [2.05, 4.69) is 49.2 Å². The van der Waals surface area contributed by atoms with Crippen LogP contribution < -0.4 is 31.7 Å². The summed E-state index contributed by atoms with van der Waals surface area (Å²) in [4.78, 5) is 48.1. The number of rotatable bonds is 15. The van der Waals surface area contributed by atoms with Crippen molar-refractivity contribution in [2.75, 3.05) is 44.8 Å². The first-order chi connectivity index (χ1) is 41.5. The van der Waals surface area contributed by atoms with Crippen LogP contribution in [0.3, 0.4) is 0 Å². The molecular formula is C67H92IN5O13. The summed E-state index contributed by atoms with van der Waals surface area (Å²) in [6.07, 6.45) is 12.2. The number of carboxylic acid groups (broad SMARTS) is 3. The zero-order chi connectivity index (χ0) is 62.4. The minimum absolute atomic E-state index is 0.0775. The number of nitrogens with two attached hydrogens (primary N) is 1. The second-order valence-corrected chi connectivity index (χ2v) is 22.4. The average molecular weight is 1300 g/mol. The summed E-state index contributed by atoms with van der Waals surface area (Å²) in [7, 11) is 1.35. The van der Waals surface area contributed by atoms with Crippen molar-refractivity contribution < 1.29 is 70.1 Å². The number of halogens is 1. The number of carbonyl (C=O) groups is 4. The molecule has 5 aromatic carbocycles. The smallest absolute Gasteiger partial charge is 0.317 e. The number of ether oxygens (including phenoxy) is 1. The molecule has 0 bridgehead atoms. The average Bonchev–Trinajstić information content (AvgIpc) is 2.84. The van der Waals surface area contributed by atoms with Crippen LogP contribution in [0.5, 0.6) is 0 Å². The molecule has 0 radical (unpaired) electrons. The monoisotopic (exact) mass is 1300 g/mol. The van der Waals surface area contributed by atoms with E-state index < -0.39 is 71.0 Å². The number of quaternary nitrogens is 1. The Balaban J connectivity index is 0.000000195. The molecule has 0 spiro atoms. The second-order valence-electron chi connectivity index (χ2n) is 22.4. The van der Waals surface area contributed by atoms with E-state index in [0.29, 0.717) is 43.5 Å². The van der Waals surface area contributed by atoms with E-state index in [1.54, 1.807) is 48.5 Å². The van der Waals surface area contributed by atoms with Crippen LogP contribution in [0.4, 0.5) is 0 Å². The summed E-state index contributed by atoms with van der Waals surface area (Å²) >= 11 is 2.15. The maximum atomic E-state index is 12.0. The van der Waals surface area contributed by atoms with Gasteiger partial charge in [0, 0.05) is 18.4 Å². The zero-order valence-corrected chi connectivity index (χ0v) is 51.9.